The first-order chi connectivity index (χ1) is 10.2. The van der Waals surface area contributed by atoms with Crippen LogP contribution in [0.1, 0.15) is 33.3 Å². The molecular weight excluding hydrogens is 286 g/mol. The average molecular weight is 301 g/mol. The van der Waals surface area contributed by atoms with Gasteiger partial charge in [0, 0.05) is 24.9 Å². The van der Waals surface area contributed by atoms with Gasteiger partial charge >= 0.3 is 0 Å². The maximum atomic E-state index is 12.2. The maximum Gasteiger partial charge on any atom is 0.261 e. The van der Waals surface area contributed by atoms with Crippen molar-refractivity contribution in [2.24, 2.45) is 0 Å². The van der Waals surface area contributed by atoms with Gasteiger partial charge < -0.3 is 5.32 Å². The third-order valence-electron chi connectivity index (χ3n) is 3.35. The van der Waals surface area contributed by atoms with Gasteiger partial charge in [-0.3, -0.25) is 14.5 Å². The molecule has 0 spiro atoms. The number of thiazole rings is 1. The molecule has 0 aliphatic carbocycles. The predicted octanol–water partition coefficient (Wildman–Crippen LogP) is 2.41. The monoisotopic (exact) mass is 301 g/mol. The van der Waals surface area contributed by atoms with Crippen LogP contribution in [0.4, 0.5) is 5.13 Å². The van der Waals surface area contributed by atoms with Crippen LogP contribution in [0.2, 0.25) is 0 Å². The summed E-state index contributed by atoms with van der Waals surface area (Å²) in [6.45, 7) is 3.20. The van der Waals surface area contributed by atoms with Crippen molar-refractivity contribution in [3.8, 4) is 0 Å². The number of nitrogens with zero attached hydrogens (tertiary/aromatic N) is 2. The van der Waals surface area contributed by atoms with Gasteiger partial charge in [0.15, 0.2) is 5.13 Å². The van der Waals surface area contributed by atoms with Crippen molar-refractivity contribution >= 4 is 28.3 Å². The molecule has 5 nitrogen and oxygen atoms in total. The molecule has 1 aliphatic heterocycles. The van der Waals surface area contributed by atoms with Crippen LogP contribution in [-0.4, -0.2) is 34.8 Å². The number of carbonyl (C=O) groups excluding carboxylic acids is 2. The molecule has 21 heavy (non-hydrogen) atoms. The Kier molecular flexibility index (Phi) is 3.70. The van der Waals surface area contributed by atoms with E-state index in [1.54, 1.807) is 24.3 Å². The zero-order valence-electron chi connectivity index (χ0n) is 11.6. The SMILES string of the molecule is CCNc1nc(CCN2C(=O)c3ccccc3C2=O)cs1. The van der Waals surface area contributed by atoms with E-state index in [0.29, 0.717) is 24.1 Å². The van der Waals surface area contributed by atoms with Crippen molar-refractivity contribution in [2.75, 3.05) is 18.4 Å². The summed E-state index contributed by atoms with van der Waals surface area (Å²) >= 11 is 1.53. The highest BCUT2D eigenvalue weighted by Gasteiger charge is 2.34. The fraction of sp³-hybridized carbons (Fsp3) is 0.267. The largest absolute Gasteiger partial charge is 0.362 e. The minimum Gasteiger partial charge on any atom is -0.362 e. The third kappa shape index (κ3) is 2.54. The van der Waals surface area contributed by atoms with Crippen molar-refractivity contribution in [3.63, 3.8) is 0 Å². The van der Waals surface area contributed by atoms with Crippen LogP contribution < -0.4 is 5.32 Å². The molecule has 0 saturated heterocycles. The van der Waals surface area contributed by atoms with Gasteiger partial charge in [0.05, 0.1) is 16.8 Å². The fourth-order valence-corrected chi connectivity index (χ4v) is 3.14. The Balaban J connectivity index is 1.69. The van der Waals surface area contributed by atoms with Crippen LogP contribution in [-0.2, 0) is 6.42 Å². The number of benzene rings is 1. The van der Waals surface area contributed by atoms with E-state index in [-0.39, 0.29) is 11.8 Å². The summed E-state index contributed by atoms with van der Waals surface area (Å²) in [6.07, 6.45) is 0.577. The highest BCUT2D eigenvalue weighted by atomic mass is 32.1. The van der Waals surface area contributed by atoms with Crippen molar-refractivity contribution in [1.82, 2.24) is 9.88 Å². The topological polar surface area (TPSA) is 62.3 Å². The van der Waals surface area contributed by atoms with E-state index in [4.69, 9.17) is 0 Å². The normalized spacial score (nSPS) is 13.7. The van der Waals surface area contributed by atoms with E-state index in [1.165, 1.54) is 16.2 Å². The molecule has 2 amide bonds. The van der Waals surface area contributed by atoms with Crippen LogP contribution in [0.15, 0.2) is 29.6 Å². The van der Waals surface area contributed by atoms with Gasteiger partial charge in [-0.05, 0) is 19.1 Å². The average Bonchev–Trinajstić information content (AvgIpc) is 3.03. The first-order valence-corrected chi connectivity index (χ1v) is 7.72. The highest BCUT2D eigenvalue weighted by molar-refractivity contribution is 7.13. The number of rotatable bonds is 5. The van der Waals surface area contributed by atoms with Crippen LogP contribution in [0.3, 0.4) is 0 Å². The van der Waals surface area contributed by atoms with Gasteiger partial charge in [-0.15, -0.1) is 11.3 Å². The Morgan fingerprint density at radius 3 is 2.48 bits per heavy atom. The van der Waals surface area contributed by atoms with Gasteiger partial charge in [0.2, 0.25) is 0 Å². The maximum absolute atomic E-state index is 12.2. The lowest BCUT2D eigenvalue weighted by Crippen LogP contribution is -2.31. The van der Waals surface area contributed by atoms with E-state index < -0.39 is 0 Å². The molecule has 1 aliphatic rings. The Hall–Kier alpha value is -2.21. The Morgan fingerprint density at radius 1 is 1.19 bits per heavy atom. The Labute approximate surface area is 126 Å². The molecule has 2 aromatic rings. The van der Waals surface area contributed by atoms with Crippen molar-refractivity contribution in [2.45, 2.75) is 13.3 Å². The van der Waals surface area contributed by atoms with Crippen LogP contribution >= 0.6 is 11.3 Å². The summed E-state index contributed by atoms with van der Waals surface area (Å²) in [6, 6.07) is 6.94. The molecule has 2 heterocycles. The second-order valence-electron chi connectivity index (χ2n) is 4.73. The van der Waals surface area contributed by atoms with E-state index >= 15 is 0 Å². The Morgan fingerprint density at radius 2 is 1.86 bits per heavy atom. The molecule has 0 bridgehead atoms. The Bertz CT molecular complexity index is 661. The summed E-state index contributed by atoms with van der Waals surface area (Å²) in [5.74, 6) is -0.421. The smallest absolute Gasteiger partial charge is 0.261 e. The van der Waals surface area contributed by atoms with Gasteiger partial charge in [0.25, 0.3) is 11.8 Å². The number of anilines is 1. The molecule has 108 valence electrons. The number of hydrogen-bond donors (Lipinski definition) is 1. The van der Waals surface area contributed by atoms with Crippen molar-refractivity contribution in [1.29, 1.82) is 0 Å². The lowest BCUT2D eigenvalue weighted by molar-refractivity contribution is 0.0656. The number of carbonyl (C=O) groups is 2. The summed E-state index contributed by atoms with van der Waals surface area (Å²) < 4.78 is 0. The zero-order valence-corrected chi connectivity index (χ0v) is 12.4. The zero-order chi connectivity index (χ0) is 14.8. The lowest BCUT2D eigenvalue weighted by Gasteiger charge is -2.12. The summed E-state index contributed by atoms with van der Waals surface area (Å²) in [4.78, 5) is 30.1. The summed E-state index contributed by atoms with van der Waals surface area (Å²) in [7, 11) is 0. The summed E-state index contributed by atoms with van der Waals surface area (Å²) in [5.41, 5.74) is 1.88. The van der Waals surface area contributed by atoms with E-state index in [0.717, 1.165) is 17.4 Å². The van der Waals surface area contributed by atoms with E-state index in [1.807, 2.05) is 12.3 Å². The molecular formula is C15H15N3O2S. The molecule has 0 radical (unpaired) electrons. The number of imide groups is 1. The number of hydrogen-bond acceptors (Lipinski definition) is 5. The molecule has 3 rings (SSSR count). The van der Waals surface area contributed by atoms with Crippen LogP contribution in [0, 0.1) is 0 Å². The van der Waals surface area contributed by atoms with Crippen molar-refractivity contribution < 1.29 is 9.59 Å². The summed E-state index contributed by atoms with van der Waals surface area (Å²) in [5, 5.41) is 5.97. The van der Waals surface area contributed by atoms with Crippen LogP contribution in [0.5, 0.6) is 0 Å². The molecule has 1 N–H and O–H groups in total. The first kappa shape index (κ1) is 13.8. The second-order valence-corrected chi connectivity index (χ2v) is 5.59. The number of amides is 2. The second kappa shape index (κ2) is 5.65. The van der Waals surface area contributed by atoms with E-state index in [2.05, 4.69) is 10.3 Å². The van der Waals surface area contributed by atoms with Crippen LogP contribution in [0.25, 0.3) is 0 Å². The number of aromatic nitrogens is 1. The molecule has 1 aromatic carbocycles. The molecule has 1 aromatic heterocycles. The molecule has 0 saturated carbocycles. The number of fused-ring (bicyclic) bond motifs is 1. The lowest BCUT2D eigenvalue weighted by atomic mass is 10.1. The van der Waals surface area contributed by atoms with Gasteiger partial charge in [-0.25, -0.2) is 4.98 Å². The third-order valence-corrected chi connectivity index (χ3v) is 4.20. The van der Waals surface area contributed by atoms with E-state index in [9.17, 15) is 9.59 Å². The standard InChI is InChI=1S/C15H15N3O2S/c1-2-16-15-17-10(9-21-15)7-8-18-13(19)11-5-3-4-6-12(11)14(18)20/h3-6,9H,2,7-8H2,1H3,(H,16,17). The first-order valence-electron chi connectivity index (χ1n) is 6.84. The van der Waals surface area contributed by atoms with Gasteiger partial charge in [-0.2, -0.15) is 0 Å². The molecule has 6 heteroatoms. The van der Waals surface area contributed by atoms with Crippen molar-refractivity contribution in [3.05, 3.63) is 46.5 Å². The predicted molar refractivity (Wildman–Crippen MR) is 81.8 cm³/mol. The number of nitrogens with one attached hydrogen (secondary N) is 1. The molecule has 0 atom stereocenters. The van der Waals surface area contributed by atoms with Gasteiger partial charge in [-0.1, -0.05) is 12.1 Å². The van der Waals surface area contributed by atoms with Gasteiger partial charge in [0.1, 0.15) is 0 Å². The molecule has 0 unspecified atom stereocenters. The minimum atomic E-state index is -0.210. The molecule has 0 fully saturated rings. The highest BCUT2D eigenvalue weighted by Crippen LogP contribution is 2.23. The quantitative estimate of drug-likeness (QED) is 0.862. The minimum absolute atomic E-state index is 0.210. The fourth-order valence-electron chi connectivity index (χ4n) is 2.32.